The van der Waals surface area contributed by atoms with Gasteiger partial charge in [0.15, 0.2) is 11.6 Å². The number of amides is 1. The number of nitrogen functional groups attached to an aromatic ring is 1. The van der Waals surface area contributed by atoms with Crippen LogP contribution < -0.4 is 11.1 Å². The van der Waals surface area contributed by atoms with Crippen LogP contribution in [0, 0.1) is 11.6 Å². The average Bonchev–Trinajstić information content (AvgIpc) is 2.48. The van der Waals surface area contributed by atoms with Gasteiger partial charge in [-0.15, -0.1) is 0 Å². The molecule has 0 saturated carbocycles. The molecule has 5 heteroatoms. The molecule has 0 radical (unpaired) electrons. The van der Waals surface area contributed by atoms with Crippen molar-refractivity contribution in [1.29, 1.82) is 0 Å². The molecule has 1 amide bonds. The number of anilines is 1. The molecule has 2 rings (SSSR count). The fourth-order valence-corrected chi connectivity index (χ4v) is 1.92. The zero-order valence-electron chi connectivity index (χ0n) is 11.4. The van der Waals surface area contributed by atoms with Crippen LogP contribution in [0.5, 0.6) is 0 Å². The van der Waals surface area contributed by atoms with E-state index in [1.165, 1.54) is 6.07 Å². The van der Waals surface area contributed by atoms with Crippen molar-refractivity contribution in [2.45, 2.75) is 12.8 Å². The predicted octanol–water partition coefficient (Wildman–Crippen LogP) is 2.91. The molecule has 0 aromatic heterocycles. The number of rotatable bonds is 5. The number of carbonyl (C=O) groups is 1. The summed E-state index contributed by atoms with van der Waals surface area (Å²) in [7, 11) is 0. The number of hydrogen-bond donors (Lipinski definition) is 2. The highest BCUT2D eigenvalue weighted by Crippen LogP contribution is 2.09. The Hall–Kier alpha value is -2.43. The van der Waals surface area contributed by atoms with Crippen LogP contribution in [0.1, 0.15) is 22.3 Å². The van der Waals surface area contributed by atoms with Crippen LogP contribution in [0.15, 0.2) is 42.5 Å². The Morgan fingerprint density at radius 1 is 1.05 bits per heavy atom. The normalized spacial score (nSPS) is 10.4. The maximum atomic E-state index is 13.0. The van der Waals surface area contributed by atoms with Crippen LogP contribution >= 0.6 is 0 Å². The molecule has 0 bridgehead atoms. The summed E-state index contributed by atoms with van der Waals surface area (Å²) < 4.78 is 25.8. The van der Waals surface area contributed by atoms with Crippen LogP contribution in [0.2, 0.25) is 0 Å². The Kier molecular flexibility index (Phi) is 4.87. The first-order chi connectivity index (χ1) is 10.1. The molecule has 0 spiro atoms. The van der Waals surface area contributed by atoms with Crippen molar-refractivity contribution in [1.82, 2.24) is 5.32 Å². The number of nitrogens with two attached hydrogens (primary N) is 1. The lowest BCUT2D eigenvalue weighted by molar-refractivity contribution is 0.0952. The molecule has 0 saturated heterocycles. The second-order valence-electron chi connectivity index (χ2n) is 4.73. The second kappa shape index (κ2) is 6.83. The summed E-state index contributed by atoms with van der Waals surface area (Å²) in [5, 5.41) is 2.67. The fourth-order valence-electron chi connectivity index (χ4n) is 1.92. The molecule has 3 N–H and O–H groups in total. The molecule has 0 aliphatic heterocycles. The van der Waals surface area contributed by atoms with Crippen molar-refractivity contribution in [2.24, 2.45) is 0 Å². The summed E-state index contributed by atoms with van der Waals surface area (Å²) in [6.45, 7) is 0.461. The van der Waals surface area contributed by atoms with Gasteiger partial charge in [-0.3, -0.25) is 4.79 Å². The van der Waals surface area contributed by atoms with E-state index in [2.05, 4.69) is 5.32 Å². The van der Waals surface area contributed by atoms with Gasteiger partial charge in [0.2, 0.25) is 0 Å². The third kappa shape index (κ3) is 4.27. The smallest absolute Gasteiger partial charge is 0.251 e. The van der Waals surface area contributed by atoms with Crippen LogP contribution in [0.3, 0.4) is 0 Å². The quantitative estimate of drug-likeness (QED) is 0.657. The SMILES string of the molecule is Nc1ccc(CCCNC(=O)c2ccc(F)c(F)c2)cc1. The van der Waals surface area contributed by atoms with Crippen molar-refractivity contribution in [3.05, 3.63) is 65.2 Å². The van der Waals surface area contributed by atoms with E-state index >= 15 is 0 Å². The molecule has 0 unspecified atom stereocenters. The largest absolute Gasteiger partial charge is 0.399 e. The van der Waals surface area contributed by atoms with E-state index in [0.29, 0.717) is 12.2 Å². The molecular formula is C16H16F2N2O. The van der Waals surface area contributed by atoms with Crippen LogP contribution in [-0.4, -0.2) is 12.5 Å². The molecule has 3 nitrogen and oxygen atoms in total. The molecule has 0 fully saturated rings. The van der Waals surface area contributed by atoms with Crippen molar-refractivity contribution in [3.63, 3.8) is 0 Å². The standard InChI is InChI=1S/C16H16F2N2O/c17-14-8-5-12(10-15(14)18)16(21)20-9-1-2-11-3-6-13(19)7-4-11/h3-8,10H,1-2,9,19H2,(H,20,21). The third-order valence-electron chi connectivity index (χ3n) is 3.09. The molecule has 110 valence electrons. The Morgan fingerprint density at radius 2 is 1.76 bits per heavy atom. The lowest BCUT2D eigenvalue weighted by Gasteiger charge is -2.06. The van der Waals surface area contributed by atoms with Crippen molar-refractivity contribution in [3.8, 4) is 0 Å². The molecule has 2 aromatic carbocycles. The zero-order chi connectivity index (χ0) is 15.2. The minimum Gasteiger partial charge on any atom is -0.399 e. The molecule has 21 heavy (non-hydrogen) atoms. The van der Waals surface area contributed by atoms with Crippen LogP contribution in [-0.2, 0) is 6.42 Å². The lowest BCUT2D eigenvalue weighted by Crippen LogP contribution is -2.24. The van der Waals surface area contributed by atoms with Crippen molar-refractivity contribution >= 4 is 11.6 Å². The first-order valence-corrected chi connectivity index (χ1v) is 6.64. The van der Waals surface area contributed by atoms with E-state index in [-0.39, 0.29) is 5.56 Å². The van der Waals surface area contributed by atoms with Gasteiger partial charge in [-0.25, -0.2) is 8.78 Å². The average molecular weight is 290 g/mol. The van der Waals surface area contributed by atoms with Crippen molar-refractivity contribution < 1.29 is 13.6 Å². The van der Waals surface area contributed by atoms with E-state index in [9.17, 15) is 13.6 Å². The number of carbonyl (C=O) groups excluding carboxylic acids is 1. The first-order valence-electron chi connectivity index (χ1n) is 6.64. The number of halogens is 2. The van der Waals surface area contributed by atoms with E-state index in [1.807, 2.05) is 24.3 Å². The Balaban J connectivity index is 1.79. The van der Waals surface area contributed by atoms with Gasteiger partial charge in [0.05, 0.1) is 0 Å². The van der Waals surface area contributed by atoms with Gasteiger partial charge in [0, 0.05) is 17.8 Å². The minimum absolute atomic E-state index is 0.112. The van der Waals surface area contributed by atoms with Crippen molar-refractivity contribution in [2.75, 3.05) is 12.3 Å². The summed E-state index contributed by atoms with van der Waals surface area (Å²) in [5.41, 5.74) is 7.55. The summed E-state index contributed by atoms with van der Waals surface area (Å²) >= 11 is 0. The Bertz CT molecular complexity index is 627. The van der Waals surface area contributed by atoms with Gasteiger partial charge in [-0.05, 0) is 48.7 Å². The fraction of sp³-hybridized carbons (Fsp3) is 0.188. The van der Waals surface area contributed by atoms with Gasteiger partial charge >= 0.3 is 0 Å². The highest BCUT2D eigenvalue weighted by Gasteiger charge is 2.08. The molecule has 0 atom stereocenters. The van der Waals surface area contributed by atoms with Gasteiger partial charge in [-0.1, -0.05) is 12.1 Å². The summed E-state index contributed by atoms with van der Waals surface area (Å²) in [6, 6.07) is 10.6. The van der Waals surface area contributed by atoms with E-state index < -0.39 is 17.5 Å². The number of hydrogen-bond acceptors (Lipinski definition) is 2. The van der Waals surface area contributed by atoms with Gasteiger partial charge in [-0.2, -0.15) is 0 Å². The van der Waals surface area contributed by atoms with Gasteiger partial charge in [0.25, 0.3) is 5.91 Å². The molecule has 2 aromatic rings. The third-order valence-corrected chi connectivity index (χ3v) is 3.09. The number of benzene rings is 2. The summed E-state index contributed by atoms with van der Waals surface area (Å²) in [5.74, 6) is -2.40. The number of aryl methyl sites for hydroxylation is 1. The van der Waals surface area contributed by atoms with E-state index in [0.717, 1.165) is 30.5 Å². The van der Waals surface area contributed by atoms with Gasteiger partial charge in [0.1, 0.15) is 0 Å². The number of nitrogens with one attached hydrogen (secondary N) is 1. The molecular weight excluding hydrogens is 274 g/mol. The predicted molar refractivity (Wildman–Crippen MR) is 77.9 cm³/mol. The van der Waals surface area contributed by atoms with Crippen LogP contribution in [0.4, 0.5) is 14.5 Å². The highest BCUT2D eigenvalue weighted by molar-refractivity contribution is 5.94. The Morgan fingerprint density at radius 3 is 2.43 bits per heavy atom. The van der Waals surface area contributed by atoms with E-state index in [1.54, 1.807) is 0 Å². The van der Waals surface area contributed by atoms with E-state index in [4.69, 9.17) is 5.73 Å². The Labute approximate surface area is 121 Å². The first kappa shape index (κ1) is 15.0. The maximum Gasteiger partial charge on any atom is 0.251 e. The topological polar surface area (TPSA) is 55.1 Å². The van der Waals surface area contributed by atoms with Crippen LogP contribution in [0.25, 0.3) is 0 Å². The zero-order valence-corrected chi connectivity index (χ0v) is 11.4. The maximum absolute atomic E-state index is 13.0. The summed E-state index contributed by atoms with van der Waals surface area (Å²) in [6.07, 6.45) is 1.55. The lowest BCUT2D eigenvalue weighted by atomic mass is 10.1. The minimum atomic E-state index is -1.02. The molecule has 0 aliphatic carbocycles. The molecule has 0 aliphatic rings. The second-order valence-corrected chi connectivity index (χ2v) is 4.73. The van der Waals surface area contributed by atoms with Gasteiger partial charge < -0.3 is 11.1 Å². The summed E-state index contributed by atoms with van der Waals surface area (Å²) in [4.78, 5) is 11.7. The monoisotopic (exact) mass is 290 g/mol. The molecule has 0 heterocycles. The highest BCUT2D eigenvalue weighted by atomic mass is 19.2.